The molecule has 3 atom stereocenters. The van der Waals surface area contributed by atoms with E-state index in [1.807, 2.05) is 6.92 Å². The Bertz CT molecular complexity index is 336. The number of hydrogen-bond donors (Lipinski definition) is 2. The highest BCUT2D eigenvalue weighted by molar-refractivity contribution is 5.76. The quantitative estimate of drug-likeness (QED) is 0.783. The maximum Gasteiger partial charge on any atom is 0.317 e. The van der Waals surface area contributed by atoms with Gasteiger partial charge in [0.2, 0.25) is 0 Å². The van der Waals surface area contributed by atoms with Crippen LogP contribution in [-0.4, -0.2) is 53.8 Å². The number of amides is 2. The fourth-order valence-corrected chi connectivity index (χ4v) is 2.76. The molecule has 0 spiro atoms. The molecule has 3 unspecified atom stereocenters. The maximum absolute atomic E-state index is 12.0. The fraction of sp³-hybridized carbons (Fsp3) is 0.846. The molecule has 6 nitrogen and oxygen atoms in total. The molecule has 0 radical (unpaired) electrons. The smallest absolute Gasteiger partial charge is 0.317 e. The Morgan fingerprint density at radius 1 is 1.37 bits per heavy atom. The van der Waals surface area contributed by atoms with Crippen molar-refractivity contribution in [1.29, 1.82) is 0 Å². The number of rotatable bonds is 5. The van der Waals surface area contributed by atoms with Gasteiger partial charge in [0.15, 0.2) is 0 Å². The van der Waals surface area contributed by atoms with Crippen LogP contribution in [0.4, 0.5) is 4.79 Å². The number of urea groups is 1. The highest BCUT2D eigenvalue weighted by Crippen LogP contribution is 2.26. The molecule has 0 aromatic carbocycles. The van der Waals surface area contributed by atoms with Crippen LogP contribution in [0.25, 0.3) is 0 Å². The Balaban J connectivity index is 1.79. The van der Waals surface area contributed by atoms with Gasteiger partial charge >= 0.3 is 12.0 Å². The molecule has 2 rings (SSSR count). The third kappa shape index (κ3) is 3.59. The van der Waals surface area contributed by atoms with Crippen LogP contribution in [0.1, 0.15) is 32.6 Å². The molecular weight excluding hydrogens is 248 g/mol. The lowest BCUT2D eigenvalue weighted by molar-refractivity contribution is -0.141. The topological polar surface area (TPSA) is 78.9 Å². The van der Waals surface area contributed by atoms with Crippen LogP contribution in [0, 0.1) is 5.92 Å². The summed E-state index contributed by atoms with van der Waals surface area (Å²) in [6, 6.07) is -0.164. The van der Waals surface area contributed by atoms with Gasteiger partial charge in [-0.2, -0.15) is 0 Å². The van der Waals surface area contributed by atoms with Gasteiger partial charge in [-0.3, -0.25) is 4.79 Å². The molecule has 2 aliphatic heterocycles. The van der Waals surface area contributed by atoms with Crippen molar-refractivity contribution in [2.75, 3.05) is 19.6 Å². The first-order valence-corrected chi connectivity index (χ1v) is 7.01. The number of nitrogens with one attached hydrogen (secondary N) is 1. The zero-order chi connectivity index (χ0) is 13.8. The van der Waals surface area contributed by atoms with Gasteiger partial charge in [-0.1, -0.05) is 13.3 Å². The van der Waals surface area contributed by atoms with E-state index < -0.39 is 11.9 Å². The zero-order valence-electron chi connectivity index (χ0n) is 11.3. The van der Waals surface area contributed by atoms with Crippen LogP contribution in [0.15, 0.2) is 0 Å². The van der Waals surface area contributed by atoms with E-state index in [2.05, 4.69) is 5.32 Å². The molecule has 108 valence electrons. The highest BCUT2D eigenvalue weighted by Gasteiger charge is 2.35. The van der Waals surface area contributed by atoms with E-state index in [0.717, 1.165) is 19.3 Å². The Morgan fingerprint density at radius 3 is 2.53 bits per heavy atom. The van der Waals surface area contributed by atoms with Crippen molar-refractivity contribution in [1.82, 2.24) is 10.2 Å². The number of morpholine rings is 1. The van der Waals surface area contributed by atoms with E-state index in [1.165, 1.54) is 0 Å². The van der Waals surface area contributed by atoms with Crippen molar-refractivity contribution in [3.05, 3.63) is 0 Å². The third-order valence-electron chi connectivity index (χ3n) is 3.82. The Labute approximate surface area is 113 Å². The molecule has 2 N–H and O–H groups in total. The van der Waals surface area contributed by atoms with Gasteiger partial charge in [-0.05, 0) is 19.3 Å². The lowest BCUT2D eigenvalue weighted by atomic mass is 10.0. The van der Waals surface area contributed by atoms with Gasteiger partial charge in [0, 0.05) is 19.6 Å². The predicted molar refractivity (Wildman–Crippen MR) is 68.9 cm³/mol. The van der Waals surface area contributed by atoms with Crippen LogP contribution < -0.4 is 5.32 Å². The van der Waals surface area contributed by atoms with Gasteiger partial charge in [0.25, 0.3) is 0 Å². The van der Waals surface area contributed by atoms with E-state index >= 15 is 0 Å². The minimum Gasteiger partial charge on any atom is -0.481 e. The minimum atomic E-state index is -0.843. The summed E-state index contributed by atoms with van der Waals surface area (Å²) in [6.07, 6.45) is 3.74. The molecule has 0 aromatic heterocycles. The largest absolute Gasteiger partial charge is 0.481 e. The van der Waals surface area contributed by atoms with E-state index in [-0.39, 0.29) is 24.8 Å². The molecule has 19 heavy (non-hydrogen) atoms. The van der Waals surface area contributed by atoms with Crippen LogP contribution in [0.3, 0.4) is 0 Å². The van der Waals surface area contributed by atoms with Crippen molar-refractivity contribution >= 4 is 12.0 Å². The second kappa shape index (κ2) is 6.23. The number of carboxylic acids is 1. The summed E-state index contributed by atoms with van der Waals surface area (Å²) in [5.74, 6) is -1.34. The van der Waals surface area contributed by atoms with E-state index in [9.17, 15) is 9.59 Å². The first-order chi connectivity index (χ1) is 9.10. The monoisotopic (exact) mass is 270 g/mol. The van der Waals surface area contributed by atoms with Crippen molar-refractivity contribution in [2.45, 2.75) is 44.8 Å². The summed E-state index contributed by atoms with van der Waals surface area (Å²) in [5, 5.41) is 11.8. The fourth-order valence-electron chi connectivity index (χ4n) is 2.76. The van der Waals surface area contributed by atoms with E-state index in [1.54, 1.807) is 4.90 Å². The molecule has 0 aromatic rings. The van der Waals surface area contributed by atoms with Crippen molar-refractivity contribution in [2.24, 2.45) is 5.92 Å². The van der Waals surface area contributed by atoms with Gasteiger partial charge in [0.05, 0.1) is 18.1 Å². The highest BCUT2D eigenvalue weighted by atomic mass is 16.5. The second-order valence-corrected chi connectivity index (χ2v) is 5.37. The third-order valence-corrected chi connectivity index (χ3v) is 3.82. The summed E-state index contributed by atoms with van der Waals surface area (Å²) < 4.78 is 5.66. The van der Waals surface area contributed by atoms with Crippen LogP contribution >= 0.6 is 0 Å². The molecule has 2 amide bonds. The first kappa shape index (κ1) is 14.1. The number of likely N-dealkylation sites (tertiary alicyclic amines) is 1. The average Bonchev–Trinajstić information content (AvgIpc) is 2.72. The average molecular weight is 270 g/mol. The number of carbonyl (C=O) groups excluding carboxylic acids is 1. The van der Waals surface area contributed by atoms with Crippen LogP contribution in [0.5, 0.6) is 0 Å². The molecule has 2 saturated heterocycles. The summed E-state index contributed by atoms with van der Waals surface area (Å²) in [7, 11) is 0. The van der Waals surface area contributed by atoms with Gasteiger partial charge in [-0.25, -0.2) is 4.79 Å². The number of ether oxygens (including phenoxy) is 1. The van der Waals surface area contributed by atoms with Crippen LogP contribution in [0.2, 0.25) is 0 Å². The van der Waals surface area contributed by atoms with Crippen molar-refractivity contribution in [3.63, 3.8) is 0 Å². The maximum atomic E-state index is 12.0. The number of fused-ring (bicyclic) bond motifs is 2. The molecule has 6 heteroatoms. The Morgan fingerprint density at radius 2 is 2.00 bits per heavy atom. The van der Waals surface area contributed by atoms with E-state index in [4.69, 9.17) is 9.84 Å². The molecule has 0 saturated carbocycles. The predicted octanol–water partition coefficient (Wildman–Crippen LogP) is 1.06. The Hall–Kier alpha value is -1.30. The number of aliphatic carboxylic acids is 1. The number of carbonyl (C=O) groups is 2. The molecular formula is C13H22N2O4. The SMILES string of the molecule is CCCC(CNC(=O)N1CC2CCC(C1)O2)C(=O)O. The number of nitrogens with zero attached hydrogens (tertiary/aromatic N) is 1. The lowest BCUT2D eigenvalue weighted by Gasteiger charge is -2.32. The number of hydrogen-bond acceptors (Lipinski definition) is 3. The number of carboxylic acid groups (broad SMARTS) is 1. The normalized spacial score (nSPS) is 27.1. The van der Waals surface area contributed by atoms with Crippen molar-refractivity contribution in [3.8, 4) is 0 Å². The molecule has 2 aliphatic rings. The molecule has 2 fully saturated rings. The van der Waals surface area contributed by atoms with Gasteiger partial charge in [-0.15, -0.1) is 0 Å². The second-order valence-electron chi connectivity index (χ2n) is 5.37. The van der Waals surface area contributed by atoms with Crippen molar-refractivity contribution < 1.29 is 19.4 Å². The lowest BCUT2D eigenvalue weighted by Crippen LogP contribution is -2.50. The summed E-state index contributed by atoms with van der Waals surface area (Å²) >= 11 is 0. The van der Waals surface area contributed by atoms with Gasteiger partial charge < -0.3 is 20.1 Å². The summed E-state index contributed by atoms with van der Waals surface area (Å²) in [4.78, 5) is 24.8. The first-order valence-electron chi connectivity index (χ1n) is 7.01. The standard InChI is InChI=1S/C13H22N2O4/c1-2-3-9(12(16)17)6-14-13(18)15-7-10-4-5-11(8-15)19-10/h9-11H,2-8H2,1H3,(H,14,18)(H,16,17). The van der Waals surface area contributed by atoms with Gasteiger partial charge in [0.1, 0.15) is 0 Å². The minimum absolute atomic E-state index is 0.162. The zero-order valence-corrected chi connectivity index (χ0v) is 11.3. The summed E-state index contributed by atoms with van der Waals surface area (Å²) in [6.45, 7) is 3.38. The molecule has 2 bridgehead atoms. The van der Waals surface area contributed by atoms with Crippen LogP contribution in [-0.2, 0) is 9.53 Å². The molecule has 2 heterocycles. The summed E-state index contributed by atoms with van der Waals surface area (Å²) in [5.41, 5.74) is 0. The van der Waals surface area contributed by atoms with E-state index in [0.29, 0.717) is 19.5 Å². The molecule has 0 aliphatic carbocycles. The Kier molecular flexibility index (Phi) is 4.63.